The van der Waals surface area contributed by atoms with Gasteiger partial charge in [0.1, 0.15) is 0 Å². The van der Waals surface area contributed by atoms with Gasteiger partial charge in [-0.1, -0.05) is 44.2 Å². The van der Waals surface area contributed by atoms with Crippen LogP contribution in [-0.4, -0.2) is 19.0 Å². The lowest BCUT2D eigenvalue weighted by Crippen LogP contribution is -2.43. The van der Waals surface area contributed by atoms with Gasteiger partial charge in [0.2, 0.25) is 5.91 Å². The fourth-order valence-corrected chi connectivity index (χ4v) is 1.90. The largest absolute Gasteiger partial charge is 0.358 e. The van der Waals surface area contributed by atoms with Crippen molar-refractivity contribution in [3.8, 4) is 0 Å². The number of carbonyl (C=O) groups excluding carboxylic acids is 1. The summed E-state index contributed by atoms with van der Waals surface area (Å²) in [6, 6.07) is 10.2. The van der Waals surface area contributed by atoms with Crippen molar-refractivity contribution in [2.45, 2.75) is 32.9 Å². The first kappa shape index (κ1) is 13.7. The monoisotopic (exact) mass is 234 g/mol. The van der Waals surface area contributed by atoms with Gasteiger partial charge in [0.25, 0.3) is 0 Å². The third-order valence-corrected chi connectivity index (χ3v) is 2.89. The summed E-state index contributed by atoms with van der Waals surface area (Å²) in [5.74, 6) is 0.455. The Morgan fingerprint density at radius 3 is 2.18 bits per heavy atom. The molecule has 0 saturated heterocycles. The summed E-state index contributed by atoms with van der Waals surface area (Å²) in [5.41, 5.74) is 1.22. The van der Waals surface area contributed by atoms with Crippen LogP contribution in [0.25, 0.3) is 0 Å². The van der Waals surface area contributed by atoms with Gasteiger partial charge < -0.3 is 5.32 Å². The number of likely N-dealkylation sites (N-methyl/N-ethyl adjacent to an activating group) is 1. The van der Waals surface area contributed by atoms with Crippen LogP contribution in [-0.2, 0) is 4.79 Å². The van der Waals surface area contributed by atoms with Gasteiger partial charge >= 0.3 is 0 Å². The van der Waals surface area contributed by atoms with Crippen LogP contribution in [0, 0.1) is 5.92 Å². The van der Waals surface area contributed by atoms with Gasteiger partial charge in [-0.2, -0.15) is 0 Å². The summed E-state index contributed by atoms with van der Waals surface area (Å²) < 4.78 is 0. The lowest BCUT2D eigenvalue weighted by molar-refractivity contribution is -0.122. The zero-order valence-corrected chi connectivity index (χ0v) is 11.0. The van der Waals surface area contributed by atoms with Crippen LogP contribution in [0.2, 0.25) is 0 Å². The molecule has 3 heteroatoms. The standard InChI is InChI=1S/C14H22N2O/c1-10(2)13(12-8-6-5-7-9-12)16-11(3)14(17)15-4/h5-11,13,16H,1-4H3,(H,15,17). The van der Waals surface area contributed by atoms with E-state index in [9.17, 15) is 4.79 Å². The van der Waals surface area contributed by atoms with E-state index < -0.39 is 0 Å². The van der Waals surface area contributed by atoms with E-state index in [1.807, 2.05) is 25.1 Å². The van der Waals surface area contributed by atoms with E-state index in [0.717, 1.165) is 0 Å². The summed E-state index contributed by atoms with van der Waals surface area (Å²) in [5, 5.41) is 6.03. The fraction of sp³-hybridized carbons (Fsp3) is 0.500. The van der Waals surface area contributed by atoms with E-state index in [2.05, 4.69) is 36.6 Å². The number of hydrogen-bond donors (Lipinski definition) is 2. The molecule has 3 nitrogen and oxygen atoms in total. The number of carbonyl (C=O) groups is 1. The molecule has 2 N–H and O–H groups in total. The Bertz CT molecular complexity index is 348. The molecule has 0 heterocycles. The number of amides is 1. The second-order valence-corrected chi connectivity index (χ2v) is 4.63. The normalized spacial score (nSPS) is 14.4. The highest BCUT2D eigenvalue weighted by molar-refractivity contribution is 5.80. The van der Waals surface area contributed by atoms with Crippen molar-refractivity contribution < 1.29 is 4.79 Å². The molecule has 1 rings (SSSR count). The predicted octanol–water partition coefficient (Wildman–Crippen LogP) is 2.11. The molecule has 0 radical (unpaired) electrons. The maximum atomic E-state index is 11.5. The highest BCUT2D eigenvalue weighted by Crippen LogP contribution is 2.21. The second-order valence-electron chi connectivity index (χ2n) is 4.63. The molecule has 0 spiro atoms. The Kier molecular flexibility index (Phi) is 5.16. The van der Waals surface area contributed by atoms with E-state index in [1.54, 1.807) is 7.05 Å². The van der Waals surface area contributed by atoms with Gasteiger partial charge in [0.05, 0.1) is 6.04 Å². The van der Waals surface area contributed by atoms with Crippen LogP contribution in [0.3, 0.4) is 0 Å². The highest BCUT2D eigenvalue weighted by Gasteiger charge is 2.20. The van der Waals surface area contributed by atoms with Gasteiger partial charge in [-0.25, -0.2) is 0 Å². The van der Waals surface area contributed by atoms with Crippen molar-refractivity contribution in [2.24, 2.45) is 5.92 Å². The summed E-state index contributed by atoms with van der Waals surface area (Å²) >= 11 is 0. The van der Waals surface area contributed by atoms with E-state index in [-0.39, 0.29) is 18.0 Å². The smallest absolute Gasteiger partial charge is 0.236 e. The molecule has 2 unspecified atom stereocenters. The maximum absolute atomic E-state index is 11.5. The van der Waals surface area contributed by atoms with Gasteiger partial charge in [0, 0.05) is 13.1 Å². The van der Waals surface area contributed by atoms with Crippen molar-refractivity contribution in [3.63, 3.8) is 0 Å². The van der Waals surface area contributed by atoms with Crippen LogP contribution < -0.4 is 10.6 Å². The molecular weight excluding hydrogens is 212 g/mol. The quantitative estimate of drug-likeness (QED) is 0.819. The van der Waals surface area contributed by atoms with Gasteiger partial charge in [-0.3, -0.25) is 10.1 Å². The average Bonchev–Trinajstić information content (AvgIpc) is 2.35. The van der Waals surface area contributed by atoms with E-state index in [0.29, 0.717) is 5.92 Å². The molecule has 17 heavy (non-hydrogen) atoms. The predicted molar refractivity (Wildman–Crippen MR) is 70.7 cm³/mol. The van der Waals surface area contributed by atoms with Crippen molar-refractivity contribution in [3.05, 3.63) is 35.9 Å². The van der Waals surface area contributed by atoms with E-state index >= 15 is 0 Å². The summed E-state index contributed by atoms with van der Waals surface area (Å²) in [4.78, 5) is 11.5. The lowest BCUT2D eigenvalue weighted by atomic mass is 9.95. The topological polar surface area (TPSA) is 41.1 Å². The maximum Gasteiger partial charge on any atom is 0.236 e. The van der Waals surface area contributed by atoms with Gasteiger partial charge in [0.15, 0.2) is 0 Å². The van der Waals surface area contributed by atoms with E-state index in [4.69, 9.17) is 0 Å². The molecule has 0 aliphatic rings. The van der Waals surface area contributed by atoms with Crippen molar-refractivity contribution in [2.75, 3.05) is 7.05 Å². The molecule has 1 aromatic carbocycles. The van der Waals surface area contributed by atoms with Crippen LogP contribution in [0.1, 0.15) is 32.4 Å². The van der Waals surface area contributed by atoms with Crippen LogP contribution in [0.15, 0.2) is 30.3 Å². The number of rotatable bonds is 5. The first-order valence-corrected chi connectivity index (χ1v) is 6.08. The Balaban J connectivity index is 2.78. The van der Waals surface area contributed by atoms with Gasteiger partial charge in [-0.15, -0.1) is 0 Å². The summed E-state index contributed by atoms with van der Waals surface area (Å²) in [6.45, 7) is 6.19. The fourth-order valence-electron chi connectivity index (χ4n) is 1.90. The Morgan fingerprint density at radius 1 is 1.12 bits per heavy atom. The molecule has 0 aromatic heterocycles. The Hall–Kier alpha value is -1.35. The van der Waals surface area contributed by atoms with Crippen LogP contribution in [0.5, 0.6) is 0 Å². The first-order valence-electron chi connectivity index (χ1n) is 6.08. The van der Waals surface area contributed by atoms with Gasteiger partial charge in [-0.05, 0) is 18.4 Å². The Morgan fingerprint density at radius 2 is 1.71 bits per heavy atom. The van der Waals surface area contributed by atoms with E-state index in [1.165, 1.54) is 5.56 Å². The summed E-state index contributed by atoms with van der Waals surface area (Å²) in [6.07, 6.45) is 0. The molecule has 0 fully saturated rings. The molecule has 1 amide bonds. The minimum Gasteiger partial charge on any atom is -0.358 e. The lowest BCUT2D eigenvalue weighted by Gasteiger charge is -2.26. The third-order valence-electron chi connectivity index (χ3n) is 2.89. The zero-order chi connectivity index (χ0) is 12.8. The summed E-state index contributed by atoms with van der Waals surface area (Å²) in [7, 11) is 1.66. The Labute approximate surface area is 104 Å². The first-order chi connectivity index (χ1) is 8.06. The highest BCUT2D eigenvalue weighted by atomic mass is 16.2. The van der Waals surface area contributed by atoms with Crippen molar-refractivity contribution >= 4 is 5.91 Å². The molecule has 1 aromatic rings. The SMILES string of the molecule is CNC(=O)C(C)NC(c1ccccc1)C(C)C. The minimum absolute atomic E-state index is 0.0200. The molecule has 0 aliphatic carbocycles. The number of benzene rings is 1. The second kappa shape index (κ2) is 6.40. The van der Waals surface area contributed by atoms with Crippen molar-refractivity contribution in [1.82, 2.24) is 10.6 Å². The number of hydrogen-bond acceptors (Lipinski definition) is 2. The molecule has 94 valence electrons. The average molecular weight is 234 g/mol. The number of nitrogens with one attached hydrogen (secondary N) is 2. The molecule has 0 aliphatic heterocycles. The third kappa shape index (κ3) is 3.86. The molecule has 0 saturated carbocycles. The van der Waals surface area contributed by atoms with Crippen LogP contribution in [0.4, 0.5) is 0 Å². The minimum atomic E-state index is -0.187. The van der Waals surface area contributed by atoms with Crippen molar-refractivity contribution in [1.29, 1.82) is 0 Å². The molecule has 0 bridgehead atoms. The zero-order valence-electron chi connectivity index (χ0n) is 11.0. The van der Waals surface area contributed by atoms with Crippen LogP contribution >= 0.6 is 0 Å². The molecular formula is C14H22N2O. The molecule has 2 atom stereocenters.